The molecule has 0 amide bonds. The first-order chi connectivity index (χ1) is 6.09. The first-order valence-electron chi connectivity index (χ1n) is 5.38. The number of carbonyl (C=O) groups excluding carboxylic acids is 1. The third-order valence-electron chi connectivity index (χ3n) is 2.91. The van der Waals surface area contributed by atoms with Crippen LogP contribution in [0.3, 0.4) is 0 Å². The number of hydrogen-bond donors (Lipinski definition) is 1. The molecule has 1 aliphatic rings. The molecular formula is C11H21NO. The van der Waals surface area contributed by atoms with Crippen LogP contribution in [-0.2, 0) is 4.79 Å². The number of hydrogen-bond acceptors (Lipinski definition) is 2. The van der Waals surface area contributed by atoms with E-state index in [1.807, 2.05) is 6.92 Å². The molecule has 0 aromatic rings. The Labute approximate surface area is 80.9 Å². The quantitative estimate of drug-likeness (QED) is 0.728. The molecule has 3 atom stereocenters. The molecule has 1 aliphatic carbocycles. The Morgan fingerprint density at radius 1 is 1.54 bits per heavy atom. The summed E-state index contributed by atoms with van der Waals surface area (Å²) in [5.41, 5.74) is 5.61. The van der Waals surface area contributed by atoms with Crippen molar-refractivity contribution in [2.75, 3.05) is 0 Å². The van der Waals surface area contributed by atoms with Gasteiger partial charge in [-0.05, 0) is 25.7 Å². The van der Waals surface area contributed by atoms with Gasteiger partial charge in [0.15, 0.2) is 0 Å². The molecule has 0 bridgehead atoms. The van der Waals surface area contributed by atoms with Crippen molar-refractivity contribution in [1.82, 2.24) is 0 Å². The third-order valence-corrected chi connectivity index (χ3v) is 2.91. The lowest BCUT2D eigenvalue weighted by molar-refractivity contribution is -0.124. The smallest absolute Gasteiger partial charge is 0.137 e. The fourth-order valence-electron chi connectivity index (χ4n) is 2.21. The highest BCUT2D eigenvalue weighted by Gasteiger charge is 2.24. The minimum absolute atomic E-state index is 0.0322. The lowest BCUT2D eigenvalue weighted by atomic mass is 9.79. The van der Waals surface area contributed by atoms with Crippen LogP contribution in [0.5, 0.6) is 0 Å². The van der Waals surface area contributed by atoms with Crippen molar-refractivity contribution < 1.29 is 4.79 Å². The molecule has 2 nitrogen and oxygen atoms in total. The molecule has 1 rings (SSSR count). The lowest BCUT2D eigenvalue weighted by Gasteiger charge is -2.26. The summed E-state index contributed by atoms with van der Waals surface area (Å²) in [6, 6.07) is 0.0322. The van der Waals surface area contributed by atoms with Crippen LogP contribution in [0.15, 0.2) is 0 Å². The first-order valence-corrected chi connectivity index (χ1v) is 5.38. The fourth-order valence-corrected chi connectivity index (χ4v) is 2.21. The molecule has 1 fully saturated rings. The SMILES string of the molecule is CC(N)CC(=O)C1CCCC(C)C1. The van der Waals surface area contributed by atoms with Gasteiger partial charge in [0.25, 0.3) is 0 Å². The van der Waals surface area contributed by atoms with Crippen LogP contribution in [0.1, 0.15) is 46.0 Å². The molecule has 3 unspecified atom stereocenters. The van der Waals surface area contributed by atoms with E-state index in [1.54, 1.807) is 0 Å². The lowest BCUT2D eigenvalue weighted by Crippen LogP contribution is -2.27. The van der Waals surface area contributed by atoms with E-state index in [-0.39, 0.29) is 6.04 Å². The summed E-state index contributed by atoms with van der Waals surface area (Å²) >= 11 is 0. The fraction of sp³-hybridized carbons (Fsp3) is 0.909. The van der Waals surface area contributed by atoms with Crippen molar-refractivity contribution in [3.05, 3.63) is 0 Å². The summed E-state index contributed by atoms with van der Waals surface area (Å²) < 4.78 is 0. The van der Waals surface area contributed by atoms with Crippen LogP contribution in [0.2, 0.25) is 0 Å². The Bertz CT molecular complexity index is 177. The van der Waals surface area contributed by atoms with Gasteiger partial charge in [-0.1, -0.05) is 19.8 Å². The molecule has 0 aromatic carbocycles. The number of ketones is 1. The minimum Gasteiger partial charge on any atom is -0.328 e. The number of Topliss-reactive ketones (excluding diaryl/α,β-unsaturated/α-hetero) is 1. The van der Waals surface area contributed by atoms with E-state index in [2.05, 4.69) is 6.92 Å². The van der Waals surface area contributed by atoms with E-state index in [9.17, 15) is 4.79 Å². The van der Waals surface area contributed by atoms with Crippen LogP contribution in [0, 0.1) is 11.8 Å². The molecule has 2 N–H and O–H groups in total. The van der Waals surface area contributed by atoms with E-state index < -0.39 is 0 Å². The van der Waals surface area contributed by atoms with Crippen LogP contribution < -0.4 is 5.73 Å². The molecule has 0 aliphatic heterocycles. The van der Waals surface area contributed by atoms with Gasteiger partial charge in [-0.2, -0.15) is 0 Å². The molecule has 2 heteroatoms. The van der Waals surface area contributed by atoms with E-state index in [0.29, 0.717) is 18.1 Å². The maximum absolute atomic E-state index is 11.7. The zero-order valence-electron chi connectivity index (χ0n) is 8.75. The van der Waals surface area contributed by atoms with E-state index in [0.717, 1.165) is 18.8 Å². The minimum atomic E-state index is 0.0322. The van der Waals surface area contributed by atoms with Crippen molar-refractivity contribution in [1.29, 1.82) is 0 Å². The van der Waals surface area contributed by atoms with E-state index in [1.165, 1.54) is 12.8 Å². The number of rotatable bonds is 3. The van der Waals surface area contributed by atoms with Crippen LogP contribution in [0.25, 0.3) is 0 Å². The highest BCUT2D eigenvalue weighted by atomic mass is 16.1. The van der Waals surface area contributed by atoms with Crippen LogP contribution in [0.4, 0.5) is 0 Å². The number of nitrogens with two attached hydrogens (primary N) is 1. The summed E-state index contributed by atoms with van der Waals surface area (Å²) in [4.78, 5) is 11.7. The molecule has 0 saturated heterocycles. The molecule has 1 saturated carbocycles. The van der Waals surface area contributed by atoms with Gasteiger partial charge < -0.3 is 5.73 Å². The van der Waals surface area contributed by atoms with Crippen molar-refractivity contribution in [3.8, 4) is 0 Å². The highest BCUT2D eigenvalue weighted by molar-refractivity contribution is 5.81. The summed E-state index contributed by atoms with van der Waals surface area (Å²) in [6.45, 7) is 4.15. The summed E-state index contributed by atoms with van der Waals surface area (Å²) in [7, 11) is 0. The molecular weight excluding hydrogens is 162 g/mol. The molecule has 0 spiro atoms. The molecule has 76 valence electrons. The van der Waals surface area contributed by atoms with Gasteiger partial charge in [-0.25, -0.2) is 0 Å². The average molecular weight is 183 g/mol. The summed E-state index contributed by atoms with van der Waals surface area (Å²) in [5.74, 6) is 1.44. The maximum atomic E-state index is 11.7. The summed E-state index contributed by atoms with van der Waals surface area (Å²) in [6.07, 6.45) is 5.26. The van der Waals surface area contributed by atoms with Crippen LogP contribution >= 0.6 is 0 Å². The monoisotopic (exact) mass is 183 g/mol. The second-order valence-corrected chi connectivity index (χ2v) is 4.62. The normalized spacial score (nSPS) is 31.3. The molecule has 13 heavy (non-hydrogen) atoms. The van der Waals surface area contributed by atoms with Gasteiger partial charge in [-0.15, -0.1) is 0 Å². The largest absolute Gasteiger partial charge is 0.328 e. The first kappa shape index (κ1) is 10.7. The van der Waals surface area contributed by atoms with Gasteiger partial charge in [0.05, 0.1) is 0 Å². The van der Waals surface area contributed by atoms with Gasteiger partial charge >= 0.3 is 0 Å². The molecule has 0 aromatic heterocycles. The van der Waals surface area contributed by atoms with Crippen molar-refractivity contribution >= 4 is 5.78 Å². The Morgan fingerprint density at radius 2 is 2.23 bits per heavy atom. The Morgan fingerprint density at radius 3 is 2.77 bits per heavy atom. The average Bonchev–Trinajstić information content (AvgIpc) is 2.03. The van der Waals surface area contributed by atoms with Crippen molar-refractivity contribution in [3.63, 3.8) is 0 Å². The molecule has 0 heterocycles. The predicted molar refractivity (Wildman–Crippen MR) is 54.4 cm³/mol. The van der Waals surface area contributed by atoms with E-state index >= 15 is 0 Å². The third kappa shape index (κ3) is 3.47. The van der Waals surface area contributed by atoms with Gasteiger partial charge in [-0.3, -0.25) is 4.79 Å². The standard InChI is InChI=1S/C11H21NO/c1-8-4-3-5-10(6-8)11(13)7-9(2)12/h8-10H,3-7,12H2,1-2H3. The second kappa shape index (κ2) is 4.75. The Kier molecular flexibility index (Phi) is 3.91. The maximum Gasteiger partial charge on any atom is 0.137 e. The highest BCUT2D eigenvalue weighted by Crippen LogP contribution is 2.29. The predicted octanol–water partition coefficient (Wildman–Crippen LogP) is 2.12. The second-order valence-electron chi connectivity index (χ2n) is 4.62. The number of carbonyl (C=O) groups is 1. The topological polar surface area (TPSA) is 43.1 Å². The van der Waals surface area contributed by atoms with Crippen LogP contribution in [-0.4, -0.2) is 11.8 Å². The van der Waals surface area contributed by atoms with Crippen molar-refractivity contribution in [2.24, 2.45) is 17.6 Å². The zero-order chi connectivity index (χ0) is 9.84. The Balaban J connectivity index is 2.37. The summed E-state index contributed by atoms with van der Waals surface area (Å²) in [5, 5.41) is 0. The van der Waals surface area contributed by atoms with Gasteiger partial charge in [0.1, 0.15) is 5.78 Å². The zero-order valence-corrected chi connectivity index (χ0v) is 8.75. The van der Waals surface area contributed by atoms with Gasteiger partial charge in [0.2, 0.25) is 0 Å². The molecule has 0 radical (unpaired) electrons. The van der Waals surface area contributed by atoms with E-state index in [4.69, 9.17) is 5.73 Å². The Hall–Kier alpha value is -0.370. The van der Waals surface area contributed by atoms with Crippen molar-refractivity contribution in [2.45, 2.75) is 52.0 Å². The van der Waals surface area contributed by atoms with Gasteiger partial charge in [0, 0.05) is 18.4 Å².